The first-order valence-electron chi connectivity index (χ1n) is 18.1. The summed E-state index contributed by atoms with van der Waals surface area (Å²) in [5.41, 5.74) is 3.22. The molecule has 0 aromatic heterocycles. The van der Waals surface area contributed by atoms with Gasteiger partial charge in [-0.25, -0.2) is 9.59 Å². The first kappa shape index (κ1) is 43.1. The number of alkyl carbamates (subject to hydrolysis) is 1. The molecule has 19 heteroatoms. The van der Waals surface area contributed by atoms with Crippen molar-refractivity contribution in [3.05, 3.63) is 46.5 Å². The Bertz CT molecular complexity index is 1730. The summed E-state index contributed by atoms with van der Waals surface area (Å²) in [4.78, 5) is 53.3. The van der Waals surface area contributed by atoms with E-state index in [0.29, 0.717) is 5.56 Å². The molecular formula is C37H50ClN3O15. The van der Waals surface area contributed by atoms with Crippen LogP contribution in [0, 0.1) is 5.92 Å². The van der Waals surface area contributed by atoms with Gasteiger partial charge in [0.2, 0.25) is 5.91 Å². The van der Waals surface area contributed by atoms with Gasteiger partial charge in [0.05, 0.1) is 31.9 Å². The molecule has 12 atom stereocenters. The zero-order valence-corrected chi connectivity index (χ0v) is 32.6. The number of nitrogens with two attached hydrogens (primary N) is 1. The Labute approximate surface area is 328 Å². The SMILES string of the molecule is CCC(=O)O[C@H]1CC(=O)N(C2OC(CO)C(OC(N)=O)C(O)C2O)c2cc(cc(OC)c2Cl)CC(C)=CC=C[C@@H](OC)[C@@]2(O)CC(OC(=O)N2)[C@@H](C)[C@@H]2O[C@@]12C. The van der Waals surface area contributed by atoms with Crippen LogP contribution in [0.2, 0.25) is 5.02 Å². The number of amides is 3. The number of aliphatic hydroxyl groups excluding tert-OH is 3. The highest BCUT2D eigenvalue weighted by molar-refractivity contribution is 6.35. The number of anilines is 1. The molecule has 4 aliphatic heterocycles. The molecule has 4 bridgehead atoms. The van der Waals surface area contributed by atoms with Gasteiger partial charge in [0, 0.05) is 25.9 Å². The molecule has 1 aromatic carbocycles. The highest BCUT2D eigenvalue weighted by atomic mass is 35.5. The number of allylic oxidation sites excluding steroid dienone is 3. The third-order valence-corrected chi connectivity index (χ3v) is 11.0. The van der Waals surface area contributed by atoms with E-state index in [9.17, 15) is 39.6 Å². The summed E-state index contributed by atoms with van der Waals surface area (Å²) < 4.78 is 39.8. The predicted octanol–water partition coefficient (Wildman–Crippen LogP) is 1.35. The van der Waals surface area contributed by atoms with E-state index in [1.54, 1.807) is 51.1 Å². The van der Waals surface area contributed by atoms with Crippen LogP contribution in [0.5, 0.6) is 5.75 Å². The molecule has 0 radical (unpaired) electrons. The van der Waals surface area contributed by atoms with Crippen LogP contribution in [0.3, 0.4) is 0 Å². The third-order valence-electron chi connectivity index (χ3n) is 10.7. The van der Waals surface area contributed by atoms with Crippen LogP contribution in [0.1, 0.15) is 52.5 Å². The number of primary amides is 1. The molecule has 1 aromatic rings. The van der Waals surface area contributed by atoms with Crippen LogP contribution in [-0.4, -0.2) is 132 Å². The molecule has 5 rings (SSSR count). The number of nitrogens with one attached hydrogen (secondary N) is 1. The van der Waals surface area contributed by atoms with Gasteiger partial charge in [-0.3, -0.25) is 19.8 Å². The second-order valence-corrected chi connectivity index (χ2v) is 14.9. The van der Waals surface area contributed by atoms with E-state index in [2.05, 4.69) is 5.32 Å². The van der Waals surface area contributed by atoms with Crippen molar-refractivity contribution < 1.29 is 72.8 Å². The summed E-state index contributed by atoms with van der Waals surface area (Å²) in [6.07, 6.45) is -10.6. The van der Waals surface area contributed by atoms with Crippen molar-refractivity contribution >= 4 is 41.4 Å². The molecule has 3 fully saturated rings. The van der Waals surface area contributed by atoms with Crippen molar-refractivity contribution in [2.24, 2.45) is 11.7 Å². The first-order chi connectivity index (χ1) is 26.4. The Morgan fingerprint density at radius 1 is 1.16 bits per heavy atom. The van der Waals surface area contributed by atoms with Crippen molar-refractivity contribution in [3.8, 4) is 5.75 Å². The molecule has 18 nitrogen and oxygen atoms in total. The number of fused-ring (bicyclic) bond motifs is 5. The molecule has 0 aliphatic carbocycles. The number of halogens is 1. The van der Waals surface area contributed by atoms with Gasteiger partial charge in [-0.2, -0.15) is 0 Å². The van der Waals surface area contributed by atoms with Crippen molar-refractivity contribution in [2.45, 2.75) is 120 Å². The van der Waals surface area contributed by atoms with Crippen LogP contribution in [0.15, 0.2) is 35.9 Å². The van der Waals surface area contributed by atoms with E-state index in [0.717, 1.165) is 10.5 Å². The lowest BCUT2D eigenvalue weighted by Crippen LogP contribution is -2.65. The number of carbonyl (C=O) groups excluding carboxylic acids is 4. The first-order valence-corrected chi connectivity index (χ1v) is 18.5. The van der Waals surface area contributed by atoms with E-state index < -0.39 is 109 Å². The number of aliphatic hydroxyl groups is 4. The van der Waals surface area contributed by atoms with Gasteiger partial charge < -0.3 is 59.3 Å². The summed E-state index contributed by atoms with van der Waals surface area (Å²) in [5.74, 6) is -2.02. The zero-order chi connectivity index (χ0) is 41.3. The van der Waals surface area contributed by atoms with Crippen LogP contribution < -0.4 is 20.7 Å². The Hall–Kier alpha value is -4.01. The maximum atomic E-state index is 14.9. The molecule has 56 heavy (non-hydrogen) atoms. The average Bonchev–Trinajstić information content (AvgIpc) is 3.84. The second kappa shape index (κ2) is 17.2. The third kappa shape index (κ3) is 8.77. The number of epoxide rings is 1. The largest absolute Gasteiger partial charge is 0.495 e. The van der Waals surface area contributed by atoms with E-state index in [4.69, 9.17) is 50.5 Å². The lowest BCUT2D eigenvalue weighted by molar-refractivity contribution is -0.227. The number of hydrogen-bond acceptors (Lipinski definition) is 15. The van der Waals surface area contributed by atoms with Crippen molar-refractivity contribution in [3.63, 3.8) is 0 Å². The number of benzene rings is 1. The van der Waals surface area contributed by atoms with Gasteiger partial charge in [0.1, 0.15) is 53.0 Å². The highest BCUT2D eigenvalue weighted by Gasteiger charge is 2.64. The number of esters is 1. The van der Waals surface area contributed by atoms with Crippen LogP contribution in [0.4, 0.5) is 15.3 Å². The molecule has 3 saturated heterocycles. The lowest BCUT2D eigenvalue weighted by atomic mass is 9.83. The fourth-order valence-electron chi connectivity index (χ4n) is 7.58. The molecule has 6 unspecified atom stereocenters. The molecule has 4 heterocycles. The van der Waals surface area contributed by atoms with Gasteiger partial charge in [-0.1, -0.05) is 49.2 Å². The van der Waals surface area contributed by atoms with E-state index in [1.807, 2.05) is 6.92 Å². The van der Waals surface area contributed by atoms with Crippen LogP contribution in [0.25, 0.3) is 0 Å². The minimum Gasteiger partial charge on any atom is -0.495 e. The molecular weight excluding hydrogens is 762 g/mol. The van der Waals surface area contributed by atoms with Crippen molar-refractivity contribution in [2.75, 3.05) is 25.7 Å². The smallest absolute Gasteiger partial charge is 0.409 e. The summed E-state index contributed by atoms with van der Waals surface area (Å²) in [6, 6.07) is 3.18. The fourth-order valence-corrected chi connectivity index (χ4v) is 7.86. The number of rotatable bonds is 7. The summed E-state index contributed by atoms with van der Waals surface area (Å²) >= 11 is 6.90. The Kier molecular flexibility index (Phi) is 13.3. The highest BCUT2D eigenvalue weighted by Crippen LogP contribution is 2.49. The standard InChI is InChI=1S/C37H50ClN3O15/c1-7-27(44)54-25-14-26(43)41(33-30(46)29(45)31(55-34(39)47)23(16-42)52-33)20-12-19(13-21(50-5)28(20)38)11-17(2)9-8-10-24(51-6)37(49)15-22(53-35(48)40-37)18(3)32-36(25,4)56-32/h8-10,12-13,18,22-25,29-33,42,45-46,49H,7,11,14-16H2,1-6H3,(H2,39,47)(H,40,48)/t18-,22?,23?,24-,25+,29?,30?,31?,32+,33?,36+,37+/m1/s1. The lowest BCUT2D eigenvalue weighted by Gasteiger charge is -2.45. The number of nitrogens with zero attached hydrogens (tertiary/aromatic N) is 1. The maximum Gasteiger partial charge on any atom is 0.409 e. The number of ether oxygens (including phenoxy) is 7. The zero-order valence-electron chi connectivity index (χ0n) is 31.9. The Morgan fingerprint density at radius 2 is 1.88 bits per heavy atom. The van der Waals surface area contributed by atoms with E-state index in [1.165, 1.54) is 14.2 Å². The monoisotopic (exact) mass is 811 g/mol. The molecule has 7 N–H and O–H groups in total. The van der Waals surface area contributed by atoms with Gasteiger partial charge >= 0.3 is 18.2 Å². The predicted molar refractivity (Wildman–Crippen MR) is 195 cm³/mol. The van der Waals surface area contributed by atoms with Gasteiger partial charge in [0.25, 0.3) is 0 Å². The van der Waals surface area contributed by atoms with Gasteiger partial charge in [0.15, 0.2) is 18.1 Å². The van der Waals surface area contributed by atoms with Crippen molar-refractivity contribution in [1.82, 2.24) is 5.32 Å². The number of methoxy groups -OCH3 is 2. The Balaban J connectivity index is 1.68. The van der Waals surface area contributed by atoms with Crippen LogP contribution in [-0.2, 0) is 44.4 Å². The average molecular weight is 812 g/mol. The molecule has 4 aliphatic rings. The van der Waals surface area contributed by atoms with E-state index >= 15 is 0 Å². The molecule has 3 amide bonds. The summed E-state index contributed by atoms with van der Waals surface area (Å²) in [7, 11) is 2.75. The minimum absolute atomic E-state index is 0.0460. The fraction of sp³-hybridized carbons (Fsp3) is 0.622. The number of hydrogen-bond donors (Lipinski definition) is 6. The van der Waals surface area contributed by atoms with Gasteiger partial charge in [-0.15, -0.1) is 0 Å². The maximum absolute atomic E-state index is 14.9. The van der Waals surface area contributed by atoms with Crippen LogP contribution >= 0.6 is 11.6 Å². The molecule has 0 saturated carbocycles. The van der Waals surface area contributed by atoms with E-state index in [-0.39, 0.29) is 35.7 Å². The molecule has 310 valence electrons. The second-order valence-electron chi connectivity index (χ2n) is 14.6. The summed E-state index contributed by atoms with van der Waals surface area (Å²) in [5, 5.41) is 47.0. The van der Waals surface area contributed by atoms with Gasteiger partial charge in [-0.05, 0) is 38.0 Å². The topological polar surface area (TPSA) is 258 Å². The molecule has 0 spiro atoms. The normalized spacial score (nSPS) is 36.3. The minimum atomic E-state index is -1.98. The summed E-state index contributed by atoms with van der Waals surface area (Å²) in [6.45, 7) is 5.88. The van der Waals surface area contributed by atoms with Crippen molar-refractivity contribution in [1.29, 1.82) is 0 Å². The quantitative estimate of drug-likeness (QED) is 0.129. The number of carbonyl (C=O) groups is 4. The Morgan fingerprint density at radius 3 is 2.50 bits per heavy atom.